The van der Waals surface area contributed by atoms with Crippen molar-refractivity contribution in [1.29, 1.82) is 0 Å². The van der Waals surface area contributed by atoms with Crippen LogP contribution in [0.4, 0.5) is 0 Å². The van der Waals surface area contributed by atoms with Gasteiger partial charge in [-0.1, -0.05) is 302 Å². The van der Waals surface area contributed by atoms with Gasteiger partial charge in [-0.05, 0) is 268 Å². The molecule has 0 amide bonds. The summed E-state index contributed by atoms with van der Waals surface area (Å²) in [7, 11) is 0. The van der Waals surface area contributed by atoms with Crippen molar-refractivity contribution in [3.63, 3.8) is 0 Å². The van der Waals surface area contributed by atoms with Crippen molar-refractivity contribution in [2.24, 2.45) is 0 Å². The summed E-state index contributed by atoms with van der Waals surface area (Å²) in [4.78, 5) is 0. The molecule has 0 aliphatic rings. The molecule has 0 aromatic heterocycles. The van der Waals surface area contributed by atoms with Crippen LogP contribution in [0.3, 0.4) is 0 Å². The van der Waals surface area contributed by atoms with Gasteiger partial charge in [-0.25, -0.2) is 0 Å². The van der Waals surface area contributed by atoms with E-state index < -0.39 is 0 Å². The van der Waals surface area contributed by atoms with Crippen molar-refractivity contribution in [2.75, 3.05) is 0 Å². The van der Waals surface area contributed by atoms with Crippen molar-refractivity contribution in [2.45, 2.75) is 83.1 Å². The smallest absolute Gasteiger partial charge is 0.00761 e. The van der Waals surface area contributed by atoms with E-state index >= 15 is 0 Å². The molecule has 0 bridgehead atoms. The lowest BCUT2D eigenvalue weighted by atomic mass is 9.96. The second kappa shape index (κ2) is 27.6. The molecule has 0 spiro atoms. The van der Waals surface area contributed by atoms with Gasteiger partial charge in [0.1, 0.15) is 0 Å². The normalized spacial score (nSPS) is 11.1. The molecule has 0 N–H and O–H groups in total. The van der Waals surface area contributed by atoms with Gasteiger partial charge in [0.15, 0.2) is 0 Å². The van der Waals surface area contributed by atoms with E-state index in [1.807, 2.05) is 0 Å². The molecule has 0 heteroatoms. The van der Waals surface area contributed by atoms with Gasteiger partial charge >= 0.3 is 0 Å². The Morgan fingerprint density at radius 2 is 0.458 bits per heavy atom. The predicted octanol–water partition coefficient (Wildman–Crippen LogP) is 27.7. The molecule has 0 nitrogen and oxygen atoms in total. The molecule has 18 rings (SSSR count). The van der Waals surface area contributed by atoms with Gasteiger partial charge in [-0.2, -0.15) is 0 Å². The highest BCUT2D eigenvalue weighted by molar-refractivity contribution is 6.14. The summed E-state index contributed by atoms with van der Waals surface area (Å²) in [5, 5.41) is 32.5. The maximum Gasteiger partial charge on any atom is -0.00761 e. The standard InChI is InChI=1S/6C16H14/c1-11-5-3-7-15-13(11)9-10-14-12(2)6-4-8-16(14)15;1-11-6-5-9-15-14-8-4-3-7-13(14)12(2)10-16(11)15;1-11-6-9-15-14(10-11)8-7-13-5-3-4-12(2)16(13)15;1-11-7-9-16-14(12(11)2)10-8-13-5-3-4-6-15(13)16;1-11-9-14-8-7-13-5-3-4-6-15(13)16(14)10-12(11)2;1-11-7-8-15-14-6-4-3-5-13(14)10-12(2)16(15)9-11/h6*3-10H,1-2H3. The van der Waals surface area contributed by atoms with Crippen LogP contribution in [0.1, 0.15) is 66.8 Å². The van der Waals surface area contributed by atoms with E-state index in [1.165, 1.54) is 196 Å². The van der Waals surface area contributed by atoms with E-state index in [-0.39, 0.29) is 0 Å². The zero-order valence-corrected chi connectivity index (χ0v) is 57.7. The molecule has 18 aromatic rings. The minimum Gasteiger partial charge on any atom is -0.0616 e. The molecule has 0 saturated heterocycles. The first kappa shape index (κ1) is 63.8. The summed E-state index contributed by atoms with van der Waals surface area (Å²) in [6.07, 6.45) is 0. The molecule has 0 fully saturated rings. The zero-order valence-electron chi connectivity index (χ0n) is 57.7. The molecule has 468 valence electrons. The summed E-state index contributed by atoms with van der Waals surface area (Å²) in [5.74, 6) is 0. The van der Waals surface area contributed by atoms with Crippen LogP contribution in [0.25, 0.3) is 129 Å². The lowest BCUT2D eigenvalue weighted by molar-refractivity contribution is 1.37. The summed E-state index contributed by atoms with van der Waals surface area (Å²) in [5.41, 5.74) is 16.2. The fraction of sp³-hybridized carbons (Fsp3) is 0.125. The fourth-order valence-corrected chi connectivity index (χ4v) is 14.4. The lowest BCUT2D eigenvalue weighted by Crippen LogP contribution is -1.84. The van der Waals surface area contributed by atoms with Crippen LogP contribution in [0.15, 0.2) is 291 Å². The van der Waals surface area contributed by atoms with E-state index in [2.05, 4.69) is 374 Å². The monoisotopic (exact) mass is 1240 g/mol. The van der Waals surface area contributed by atoms with E-state index in [1.54, 1.807) is 0 Å². The highest BCUT2D eigenvalue weighted by Gasteiger charge is 2.10. The Bertz CT molecular complexity index is 5790. The largest absolute Gasteiger partial charge is 0.0616 e. The maximum absolute atomic E-state index is 2.30. The number of benzene rings is 18. The average molecular weight is 1240 g/mol. The third kappa shape index (κ3) is 12.9. The van der Waals surface area contributed by atoms with Crippen LogP contribution < -0.4 is 0 Å². The molecule has 0 aliphatic carbocycles. The van der Waals surface area contributed by atoms with Gasteiger partial charge in [0.05, 0.1) is 0 Å². The summed E-state index contributed by atoms with van der Waals surface area (Å²) in [6, 6.07) is 105. The SMILES string of the molecule is Cc1cc2c(C)cccc2c2ccccc12.Cc1cc2ccc3ccccc3c2cc1C.Cc1ccc2c(c1)c(C)cc1ccccc12.Cc1ccc2c(ccc3cccc(C)c32)c1.Cc1ccc2c(ccc3ccccc32)c1C.Cc1cccc2c1ccc1c(C)cccc12. The summed E-state index contributed by atoms with van der Waals surface area (Å²) in [6.45, 7) is 26.1. The van der Waals surface area contributed by atoms with Crippen molar-refractivity contribution in [1.82, 2.24) is 0 Å². The van der Waals surface area contributed by atoms with Gasteiger partial charge < -0.3 is 0 Å². The number of rotatable bonds is 0. The Hall–Kier alpha value is -10.9. The molecule has 0 radical (unpaired) electrons. The van der Waals surface area contributed by atoms with Crippen molar-refractivity contribution in [3.05, 3.63) is 358 Å². The third-order valence-electron chi connectivity index (χ3n) is 20.0. The van der Waals surface area contributed by atoms with Crippen LogP contribution in [-0.4, -0.2) is 0 Å². The van der Waals surface area contributed by atoms with E-state index in [0.29, 0.717) is 0 Å². The fourth-order valence-electron chi connectivity index (χ4n) is 14.4. The second-order valence-electron chi connectivity index (χ2n) is 26.6. The Morgan fingerprint density at radius 3 is 1.09 bits per heavy atom. The van der Waals surface area contributed by atoms with Crippen LogP contribution in [0, 0.1) is 83.1 Å². The maximum atomic E-state index is 2.30. The molecule has 96 heavy (non-hydrogen) atoms. The Balaban J connectivity index is 0.000000104. The lowest BCUT2D eigenvalue weighted by Gasteiger charge is -2.09. The Morgan fingerprint density at radius 1 is 0.135 bits per heavy atom. The quantitative estimate of drug-likeness (QED) is 0.133. The average Bonchev–Trinajstić information content (AvgIpc) is 0.927. The highest BCUT2D eigenvalue weighted by Crippen LogP contribution is 2.35. The molecule has 0 saturated carbocycles. The summed E-state index contributed by atoms with van der Waals surface area (Å²) >= 11 is 0. The minimum atomic E-state index is 1.32. The van der Waals surface area contributed by atoms with Gasteiger partial charge in [-0.3, -0.25) is 0 Å². The number of hydrogen-bond donors (Lipinski definition) is 0. The van der Waals surface area contributed by atoms with Crippen molar-refractivity contribution < 1.29 is 0 Å². The third-order valence-corrected chi connectivity index (χ3v) is 20.0. The second-order valence-corrected chi connectivity index (χ2v) is 26.6. The van der Waals surface area contributed by atoms with Gasteiger partial charge in [-0.15, -0.1) is 0 Å². The van der Waals surface area contributed by atoms with Gasteiger partial charge in [0.2, 0.25) is 0 Å². The topological polar surface area (TPSA) is 0 Å². The molecular formula is C96H84. The number of aryl methyl sites for hydroxylation is 12. The zero-order chi connectivity index (χ0) is 66.7. The minimum absolute atomic E-state index is 1.32. The Labute approximate surface area is 566 Å². The first-order chi connectivity index (χ1) is 46.6. The van der Waals surface area contributed by atoms with Crippen LogP contribution in [-0.2, 0) is 0 Å². The Kier molecular flexibility index (Phi) is 18.3. The predicted molar refractivity (Wildman–Crippen MR) is 426 cm³/mol. The molecule has 18 aromatic carbocycles. The molecule has 0 unspecified atom stereocenters. The molecule has 0 heterocycles. The first-order valence-corrected chi connectivity index (χ1v) is 33.9. The van der Waals surface area contributed by atoms with Crippen LogP contribution in [0.2, 0.25) is 0 Å². The molecular weight excluding hydrogens is 1150 g/mol. The highest BCUT2D eigenvalue weighted by atomic mass is 14.1. The van der Waals surface area contributed by atoms with Gasteiger partial charge in [0.25, 0.3) is 0 Å². The van der Waals surface area contributed by atoms with E-state index in [9.17, 15) is 0 Å². The van der Waals surface area contributed by atoms with E-state index in [0.717, 1.165) is 0 Å². The molecule has 0 atom stereocenters. The molecule has 0 aliphatic heterocycles. The van der Waals surface area contributed by atoms with Crippen molar-refractivity contribution >= 4 is 129 Å². The van der Waals surface area contributed by atoms with Crippen LogP contribution in [0.5, 0.6) is 0 Å². The first-order valence-electron chi connectivity index (χ1n) is 33.9. The van der Waals surface area contributed by atoms with Crippen molar-refractivity contribution in [3.8, 4) is 0 Å². The summed E-state index contributed by atoms with van der Waals surface area (Å²) < 4.78 is 0. The number of fused-ring (bicyclic) bond motifs is 18. The van der Waals surface area contributed by atoms with Gasteiger partial charge in [0, 0.05) is 0 Å². The van der Waals surface area contributed by atoms with E-state index in [4.69, 9.17) is 0 Å². The van der Waals surface area contributed by atoms with Crippen LogP contribution >= 0.6 is 0 Å². The number of hydrogen-bond acceptors (Lipinski definition) is 0.